The van der Waals surface area contributed by atoms with Crippen LogP contribution in [0.3, 0.4) is 0 Å². The van der Waals surface area contributed by atoms with E-state index in [0.29, 0.717) is 6.04 Å². The van der Waals surface area contributed by atoms with E-state index < -0.39 is 0 Å². The molecule has 0 saturated carbocycles. The molecule has 84 valence electrons. The average Bonchev–Trinajstić information content (AvgIpc) is 2.77. The first kappa shape index (κ1) is 11.2. The fraction of sp³-hybridized carbons (Fsp3) is 0.500. The van der Waals surface area contributed by atoms with Crippen LogP contribution in [0.1, 0.15) is 25.3 Å². The van der Waals surface area contributed by atoms with Gasteiger partial charge in [-0.1, -0.05) is 30.3 Å². The molecule has 0 bridgehead atoms. The molecule has 16 heavy (non-hydrogen) atoms. The Labute approximate surface area is 97.5 Å². The van der Waals surface area contributed by atoms with Gasteiger partial charge in [0.2, 0.25) is 0 Å². The van der Waals surface area contributed by atoms with Crippen LogP contribution in [0.4, 0.5) is 0 Å². The maximum atomic E-state index is 9.00. The van der Waals surface area contributed by atoms with Gasteiger partial charge >= 0.3 is 0 Å². The van der Waals surface area contributed by atoms with Crippen molar-refractivity contribution in [1.29, 1.82) is 5.26 Å². The molecular formula is C14H18N2. The van der Waals surface area contributed by atoms with Gasteiger partial charge in [0.1, 0.15) is 0 Å². The first-order valence-electron chi connectivity index (χ1n) is 5.99. The molecule has 1 aliphatic heterocycles. The van der Waals surface area contributed by atoms with Crippen LogP contribution in [-0.4, -0.2) is 17.5 Å². The third-order valence-electron chi connectivity index (χ3n) is 3.42. The zero-order valence-corrected chi connectivity index (χ0v) is 9.76. The van der Waals surface area contributed by atoms with Gasteiger partial charge in [-0.05, 0) is 31.9 Å². The first-order chi connectivity index (χ1) is 7.81. The fourth-order valence-corrected chi connectivity index (χ4v) is 2.52. The summed E-state index contributed by atoms with van der Waals surface area (Å²) in [6, 6.07) is 13.3. The fourth-order valence-electron chi connectivity index (χ4n) is 2.52. The minimum Gasteiger partial charge on any atom is -0.295 e. The number of likely N-dealkylation sites (tertiary alicyclic amines) is 1. The summed E-state index contributed by atoms with van der Waals surface area (Å²) in [5.74, 6) is 0.145. The zero-order chi connectivity index (χ0) is 11.4. The number of hydrogen-bond acceptors (Lipinski definition) is 2. The highest BCUT2D eigenvalue weighted by Crippen LogP contribution is 2.25. The van der Waals surface area contributed by atoms with Gasteiger partial charge in [0.15, 0.2) is 0 Å². The molecule has 1 aliphatic rings. The molecule has 2 heteroatoms. The number of rotatable bonds is 3. The van der Waals surface area contributed by atoms with Crippen LogP contribution in [0.25, 0.3) is 0 Å². The Balaban J connectivity index is 2.02. The van der Waals surface area contributed by atoms with Crippen molar-refractivity contribution in [3.8, 4) is 6.07 Å². The Morgan fingerprint density at radius 3 is 2.88 bits per heavy atom. The van der Waals surface area contributed by atoms with Crippen molar-refractivity contribution in [3.05, 3.63) is 35.9 Å². The van der Waals surface area contributed by atoms with Crippen molar-refractivity contribution >= 4 is 0 Å². The maximum Gasteiger partial charge on any atom is 0.0669 e. The SMILES string of the molecule is CC(C#N)C1CCCN1Cc1ccccc1. The van der Waals surface area contributed by atoms with E-state index in [1.165, 1.54) is 18.4 Å². The Morgan fingerprint density at radius 2 is 2.19 bits per heavy atom. The van der Waals surface area contributed by atoms with Gasteiger partial charge in [-0.15, -0.1) is 0 Å². The van der Waals surface area contributed by atoms with Crippen molar-refractivity contribution in [2.24, 2.45) is 5.92 Å². The molecule has 0 amide bonds. The minimum absolute atomic E-state index is 0.145. The number of nitriles is 1. The first-order valence-corrected chi connectivity index (χ1v) is 5.99. The monoisotopic (exact) mass is 214 g/mol. The summed E-state index contributed by atoms with van der Waals surface area (Å²) < 4.78 is 0. The lowest BCUT2D eigenvalue weighted by atomic mass is 10.0. The second kappa shape index (κ2) is 5.14. The van der Waals surface area contributed by atoms with E-state index in [1.54, 1.807) is 0 Å². The van der Waals surface area contributed by atoms with Crippen molar-refractivity contribution < 1.29 is 0 Å². The summed E-state index contributed by atoms with van der Waals surface area (Å²) in [5.41, 5.74) is 1.35. The Morgan fingerprint density at radius 1 is 1.44 bits per heavy atom. The minimum atomic E-state index is 0.145. The quantitative estimate of drug-likeness (QED) is 0.773. The van der Waals surface area contributed by atoms with Crippen molar-refractivity contribution in [2.45, 2.75) is 32.4 Å². The van der Waals surface area contributed by atoms with Crippen molar-refractivity contribution in [2.75, 3.05) is 6.54 Å². The van der Waals surface area contributed by atoms with E-state index in [4.69, 9.17) is 5.26 Å². The lowest BCUT2D eigenvalue weighted by Gasteiger charge is -2.26. The molecule has 1 fully saturated rings. The molecule has 1 aromatic carbocycles. The van der Waals surface area contributed by atoms with Crippen LogP contribution < -0.4 is 0 Å². The summed E-state index contributed by atoms with van der Waals surface area (Å²) in [7, 11) is 0. The molecule has 2 unspecified atom stereocenters. The molecular weight excluding hydrogens is 196 g/mol. The van der Waals surface area contributed by atoms with Crippen molar-refractivity contribution in [1.82, 2.24) is 4.90 Å². The van der Waals surface area contributed by atoms with E-state index in [0.717, 1.165) is 13.1 Å². The number of hydrogen-bond donors (Lipinski definition) is 0. The highest BCUT2D eigenvalue weighted by Gasteiger charge is 2.28. The second-order valence-electron chi connectivity index (χ2n) is 4.58. The summed E-state index contributed by atoms with van der Waals surface area (Å²) in [6.07, 6.45) is 2.39. The van der Waals surface area contributed by atoms with Crippen LogP contribution in [0.5, 0.6) is 0 Å². The topological polar surface area (TPSA) is 27.0 Å². The molecule has 0 radical (unpaired) electrons. The molecule has 0 aliphatic carbocycles. The third kappa shape index (κ3) is 2.43. The number of benzene rings is 1. The summed E-state index contributed by atoms with van der Waals surface area (Å²) >= 11 is 0. The predicted molar refractivity (Wildman–Crippen MR) is 64.7 cm³/mol. The molecule has 0 N–H and O–H groups in total. The lowest BCUT2D eigenvalue weighted by molar-refractivity contribution is 0.213. The van der Waals surface area contributed by atoms with Crippen LogP contribution in [0.2, 0.25) is 0 Å². The normalized spacial score (nSPS) is 22.9. The standard InChI is InChI=1S/C14H18N2/c1-12(10-15)14-8-5-9-16(14)11-13-6-3-2-4-7-13/h2-4,6-7,12,14H,5,8-9,11H2,1H3. The van der Waals surface area contributed by atoms with Gasteiger partial charge in [-0.3, -0.25) is 4.90 Å². The van der Waals surface area contributed by atoms with Crippen molar-refractivity contribution in [3.63, 3.8) is 0 Å². The van der Waals surface area contributed by atoms with Crippen LogP contribution in [0.15, 0.2) is 30.3 Å². The highest BCUT2D eigenvalue weighted by molar-refractivity contribution is 5.15. The van der Waals surface area contributed by atoms with Crippen LogP contribution >= 0.6 is 0 Å². The Hall–Kier alpha value is -1.33. The highest BCUT2D eigenvalue weighted by atomic mass is 15.2. The smallest absolute Gasteiger partial charge is 0.0669 e. The largest absolute Gasteiger partial charge is 0.295 e. The number of nitrogens with zero attached hydrogens (tertiary/aromatic N) is 2. The summed E-state index contributed by atoms with van der Waals surface area (Å²) in [4.78, 5) is 2.45. The summed E-state index contributed by atoms with van der Waals surface area (Å²) in [5, 5.41) is 9.00. The molecule has 1 aromatic rings. The predicted octanol–water partition coefficient (Wildman–Crippen LogP) is 2.81. The Kier molecular flexibility index (Phi) is 3.58. The molecule has 2 rings (SSSR count). The van der Waals surface area contributed by atoms with Gasteiger partial charge in [-0.25, -0.2) is 0 Å². The van der Waals surface area contributed by atoms with E-state index in [-0.39, 0.29) is 5.92 Å². The zero-order valence-electron chi connectivity index (χ0n) is 9.76. The molecule has 1 heterocycles. The van der Waals surface area contributed by atoms with E-state index in [9.17, 15) is 0 Å². The maximum absolute atomic E-state index is 9.00. The average molecular weight is 214 g/mol. The van der Waals surface area contributed by atoms with Crippen LogP contribution in [0, 0.1) is 17.2 Å². The molecule has 0 aromatic heterocycles. The lowest BCUT2D eigenvalue weighted by Crippen LogP contribution is -2.33. The van der Waals surface area contributed by atoms with Gasteiger partial charge < -0.3 is 0 Å². The van der Waals surface area contributed by atoms with Gasteiger partial charge in [0.25, 0.3) is 0 Å². The third-order valence-corrected chi connectivity index (χ3v) is 3.42. The van der Waals surface area contributed by atoms with E-state index in [1.807, 2.05) is 13.0 Å². The van der Waals surface area contributed by atoms with Gasteiger partial charge in [0, 0.05) is 12.6 Å². The molecule has 1 saturated heterocycles. The summed E-state index contributed by atoms with van der Waals surface area (Å²) in [6.45, 7) is 4.15. The second-order valence-corrected chi connectivity index (χ2v) is 4.58. The van der Waals surface area contributed by atoms with Gasteiger partial charge in [-0.2, -0.15) is 5.26 Å². The van der Waals surface area contributed by atoms with Gasteiger partial charge in [0.05, 0.1) is 12.0 Å². The van der Waals surface area contributed by atoms with E-state index >= 15 is 0 Å². The van der Waals surface area contributed by atoms with Crippen LogP contribution in [-0.2, 0) is 6.54 Å². The molecule has 0 spiro atoms. The molecule has 2 nitrogen and oxygen atoms in total. The molecule has 2 atom stereocenters. The van der Waals surface area contributed by atoms with E-state index in [2.05, 4.69) is 35.2 Å². The Bertz CT molecular complexity index is 366.